The van der Waals surface area contributed by atoms with Crippen molar-refractivity contribution in [3.05, 3.63) is 6.42 Å². The van der Waals surface area contributed by atoms with E-state index in [1.165, 1.54) is 116 Å². The second kappa shape index (κ2) is 20.3. The van der Waals surface area contributed by atoms with Gasteiger partial charge in [-0.2, -0.15) is 0 Å². The summed E-state index contributed by atoms with van der Waals surface area (Å²) in [6.07, 6.45) is 28.5. The van der Waals surface area contributed by atoms with Gasteiger partial charge in [0.05, 0.1) is 0 Å². The minimum Gasteiger partial charge on any atom is -0.0654 e. The molecule has 25 heavy (non-hydrogen) atoms. The lowest BCUT2D eigenvalue weighted by atomic mass is 9.83. The number of hydrogen-bond acceptors (Lipinski definition) is 0. The third-order valence-corrected chi connectivity index (χ3v) is 5.85. The lowest BCUT2D eigenvalue weighted by Gasteiger charge is -2.23. The van der Waals surface area contributed by atoms with E-state index < -0.39 is 0 Å². The quantitative estimate of drug-likeness (QED) is 0.191. The molecule has 0 bridgehead atoms. The molecule has 0 saturated heterocycles. The first-order valence-electron chi connectivity index (χ1n) is 12.1. The van der Waals surface area contributed by atoms with Gasteiger partial charge >= 0.3 is 0 Å². The van der Waals surface area contributed by atoms with Gasteiger partial charge in [0.2, 0.25) is 0 Å². The van der Waals surface area contributed by atoms with Crippen LogP contribution in [-0.4, -0.2) is 0 Å². The van der Waals surface area contributed by atoms with E-state index in [4.69, 9.17) is 0 Å². The number of hydrogen-bond donors (Lipinski definition) is 0. The Balaban J connectivity index is 4.03. The molecule has 0 heteroatoms. The predicted octanol–water partition coefficient (Wildman–Crippen LogP) is 9.52. The number of rotatable bonds is 20. The van der Waals surface area contributed by atoms with Crippen molar-refractivity contribution in [3.63, 3.8) is 0 Å². The zero-order valence-corrected chi connectivity index (χ0v) is 18.5. The fourth-order valence-corrected chi connectivity index (χ4v) is 4.01. The minimum absolute atomic E-state index is 0.883. The smallest absolute Gasteiger partial charge is 0.0324 e. The lowest BCUT2D eigenvalue weighted by Crippen LogP contribution is -2.10. The summed E-state index contributed by atoms with van der Waals surface area (Å²) in [4.78, 5) is 0. The van der Waals surface area contributed by atoms with Crippen molar-refractivity contribution in [2.24, 2.45) is 11.8 Å². The number of unbranched alkanes of at least 4 members (excludes halogenated alkanes) is 11. The van der Waals surface area contributed by atoms with E-state index in [1.807, 2.05) is 0 Å². The largest absolute Gasteiger partial charge is 0.0654 e. The van der Waals surface area contributed by atoms with Crippen molar-refractivity contribution < 1.29 is 0 Å². The fraction of sp³-hybridized carbons (Fsp3) is 0.960. The molecule has 0 N–H and O–H groups in total. The molecule has 1 radical (unpaired) electrons. The minimum atomic E-state index is 0.883. The van der Waals surface area contributed by atoms with Gasteiger partial charge in [-0.1, -0.05) is 143 Å². The average molecular weight is 352 g/mol. The van der Waals surface area contributed by atoms with Gasteiger partial charge < -0.3 is 0 Å². The van der Waals surface area contributed by atoms with Gasteiger partial charge in [0.25, 0.3) is 0 Å². The van der Waals surface area contributed by atoms with Crippen molar-refractivity contribution in [1.29, 1.82) is 0 Å². The van der Waals surface area contributed by atoms with Gasteiger partial charge in [0.1, 0.15) is 0 Å². The molecule has 0 aliphatic carbocycles. The van der Waals surface area contributed by atoms with Crippen molar-refractivity contribution in [3.8, 4) is 0 Å². The van der Waals surface area contributed by atoms with E-state index >= 15 is 0 Å². The van der Waals surface area contributed by atoms with Crippen LogP contribution >= 0.6 is 0 Å². The SMILES string of the molecule is CCCCCCCCC([CH]C(CCCCC)CCCCCCC)CC. The van der Waals surface area contributed by atoms with Gasteiger partial charge in [-0.3, -0.25) is 0 Å². The van der Waals surface area contributed by atoms with Crippen LogP contribution in [0.1, 0.15) is 143 Å². The van der Waals surface area contributed by atoms with Crippen LogP contribution in [0, 0.1) is 18.3 Å². The zero-order valence-electron chi connectivity index (χ0n) is 18.5. The van der Waals surface area contributed by atoms with Crippen molar-refractivity contribution in [2.75, 3.05) is 0 Å². The van der Waals surface area contributed by atoms with Crippen LogP contribution in [0.4, 0.5) is 0 Å². The van der Waals surface area contributed by atoms with Gasteiger partial charge in [0.15, 0.2) is 0 Å². The molecule has 0 aliphatic heterocycles. The van der Waals surface area contributed by atoms with Gasteiger partial charge in [-0.05, 0) is 18.3 Å². The molecule has 0 rings (SSSR count). The van der Waals surface area contributed by atoms with Crippen LogP contribution < -0.4 is 0 Å². The maximum atomic E-state index is 2.79. The highest BCUT2D eigenvalue weighted by Gasteiger charge is 2.15. The molecule has 0 aromatic rings. The van der Waals surface area contributed by atoms with Crippen molar-refractivity contribution in [2.45, 2.75) is 143 Å². The van der Waals surface area contributed by atoms with E-state index in [0.29, 0.717) is 0 Å². The summed E-state index contributed by atoms with van der Waals surface area (Å²) in [5, 5.41) is 0. The van der Waals surface area contributed by atoms with Crippen molar-refractivity contribution >= 4 is 0 Å². The Kier molecular flexibility index (Phi) is 20.3. The summed E-state index contributed by atoms with van der Waals surface area (Å²) < 4.78 is 0. The standard InChI is InChI=1S/C25H51/c1-5-9-12-14-16-18-20-24(8-4)23-25(21-17-11-7-3)22-19-15-13-10-6-2/h23-25H,5-22H2,1-4H3. The monoisotopic (exact) mass is 351 g/mol. The first-order chi connectivity index (χ1) is 12.3. The Morgan fingerprint density at radius 3 is 1.28 bits per heavy atom. The molecule has 0 heterocycles. The van der Waals surface area contributed by atoms with Crippen LogP contribution in [0.2, 0.25) is 0 Å². The molecule has 0 aromatic carbocycles. The molecule has 0 amide bonds. The van der Waals surface area contributed by atoms with Gasteiger partial charge in [-0.25, -0.2) is 0 Å². The lowest BCUT2D eigenvalue weighted by molar-refractivity contribution is 0.381. The first-order valence-corrected chi connectivity index (χ1v) is 12.1. The molecule has 0 spiro atoms. The Bertz CT molecular complexity index is 232. The van der Waals surface area contributed by atoms with Crippen LogP contribution in [-0.2, 0) is 0 Å². The van der Waals surface area contributed by atoms with E-state index in [9.17, 15) is 0 Å². The summed E-state index contributed by atoms with van der Waals surface area (Å²) in [6.45, 7) is 9.36. The molecule has 0 aliphatic rings. The highest BCUT2D eigenvalue weighted by atomic mass is 14.2. The Morgan fingerprint density at radius 1 is 0.440 bits per heavy atom. The predicted molar refractivity (Wildman–Crippen MR) is 117 cm³/mol. The summed E-state index contributed by atoms with van der Waals surface area (Å²) in [6, 6.07) is 0. The van der Waals surface area contributed by atoms with Crippen LogP contribution in [0.3, 0.4) is 0 Å². The zero-order chi connectivity index (χ0) is 18.6. The third kappa shape index (κ3) is 17.2. The molecule has 0 fully saturated rings. The molecule has 2 atom stereocenters. The fourth-order valence-electron chi connectivity index (χ4n) is 4.01. The van der Waals surface area contributed by atoms with Crippen LogP contribution in [0.25, 0.3) is 0 Å². The average Bonchev–Trinajstić information content (AvgIpc) is 2.63. The molecule has 0 saturated carbocycles. The van der Waals surface area contributed by atoms with E-state index in [0.717, 1.165) is 11.8 Å². The highest BCUT2D eigenvalue weighted by Crippen LogP contribution is 2.28. The first kappa shape index (κ1) is 25.0. The summed E-state index contributed by atoms with van der Waals surface area (Å²) in [5.74, 6) is 1.78. The molecular weight excluding hydrogens is 300 g/mol. The second-order valence-corrected chi connectivity index (χ2v) is 8.38. The second-order valence-electron chi connectivity index (χ2n) is 8.38. The van der Waals surface area contributed by atoms with Crippen LogP contribution in [0.5, 0.6) is 0 Å². The summed E-state index contributed by atoms with van der Waals surface area (Å²) in [5.41, 5.74) is 0. The highest BCUT2D eigenvalue weighted by molar-refractivity contribution is 4.83. The molecule has 2 unspecified atom stereocenters. The van der Waals surface area contributed by atoms with Crippen molar-refractivity contribution in [1.82, 2.24) is 0 Å². The van der Waals surface area contributed by atoms with E-state index in [-0.39, 0.29) is 0 Å². The Morgan fingerprint density at radius 2 is 0.800 bits per heavy atom. The maximum Gasteiger partial charge on any atom is -0.0324 e. The molecule has 0 nitrogen and oxygen atoms in total. The maximum absolute atomic E-state index is 2.79. The van der Waals surface area contributed by atoms with Gasteiger partial charge in [-0.15, -0.1) is 0 Å². The summed E-state index contributed by atoms with van der Waals surface area (Å²) in [7, 11) is 0. The molecule has 0 aromatic heterocycles. The Labute approximate surface area is 161 Å². The topological polar surface area (TPSA) is 0 Å². The normalized spacial score (nSPS) is 13.9. The molecule has 151 valence electrons. The van der Waals surface area contributed by atoms with E-state index in [1.54, 1.807) is 0 Å². The van der Waals surface area contributed by atoms with Gasteiger partial charge in [0, 0.05) is 0 Å². The third-order valence-electron chi connectivity index (χ3n) is 5.85. The molecular formula is C25H51. The summed E-state index contributed by atoms with van der Waals surface area (Å²) >= 11 is 0. The van der Waals surface area contributed by atoms with Crippen LogP contribution in [0.15, 0.2) is 0 Å². The van der Waals surface area contributed by atoms with E-state index in [2.05, 4.69) is 34.1 Å². The Hall–Kier alpha value is 0.